The van der Waals surface area contributed by atoms with E-state index in [0.29, 0.717) is 17.1 Å². The van der Waals surface area contributed by atoms with E-state index in [9.17, 15) is 49.2 Å². The minimum absolute atomic E-state index is 0.0977. The number of carboxylic acids is 2. The van der Waals surface area contributed by atoms with Gasteiger partial charge in [-0.15, -0.1) is 0 Å². The zero-order chi connectivity index (χ0) is 39.8. The van der Waals surface area contributed by atoms with E-state index in [1.54, 1.807) is 0 Å². The van der Waals surface area contributed by atoms with Crippen molar-refractivity contribution in [1.82, 2.24) is 0 Å². The van der Waals surface area contributed by atoms with Crippen LogP contribution in [-0.4, -0.2) is 93.5 Å². The van der Waals surface area contributed by atoms with Gasteiger partial charge in [-0.05, 0) is 93.9 Å². The zero-order valence-electron chi connectivity index (χ0n) is 29.9. The number of ether oxygens (including phenoxy) is 4. The topological polar surface area (TPSA) is 220 Å². The minimum atomic E-state index is -2.16. The fraction of sp³-hybridized carbons (Fsp3) is 0.300. The minimum Gasteiger partial charge on any atom is -0.490 e. The van der Waals surface area contributed by atoms with E-state index < -0.39 is 58.0 Å². The molecule has 0 saturated heterocycles. The Hall–Kier alpha value is -6.12. The van der Waals surface area contributed by atoms with Crippen LogP contribution in [0.4, 0.5) is 0 Å². The molecule has 0 unspecified atom stereocenters. The highest BCUT2D eigenvalue weighted by Gasteiger charge is 2.45. The molecule has 4 rings (SSSR count). The van der Waals surface area contributed by atoms with Gasteiger partial charge in [0.05, 0.1) is 11.1 Å². The van der Waals surface area contributed by atoms with Crippen molar-refractivity contribution in [3.05, 3.63) is 119 Å². The van der Waals surface area contributed by atoms with Crippen LogP contribution in [-0.2, 0) is 19.1 Å². The van der Waals surface area contributed by atoms with Crippen LogP contribution in [0.3, 0.4) is 0 Å². The summed E-state index contributed by atoms with van der Waals surface area (Å²) in [5.41, 5.74) is -4.86. The van der Waals surface area contributed by atoms with Gasteiger partial charge in [0.1, 0.15) is 49.1 Å². The maximum absolute atomic E-state index is 13.0. The molecule has 284 valence electrons. The molecule has 0 atom stereocenters. The number of aromatic carboxylic acids is 1. The molecule has 0 fully saturated rings. The molecule has 0 amide bonds. The maximum Gasteiger partial charge on any atom is 0.339 e. The fourth-order valence-corrected chi connectivity index (χ4v) is 5.24. The fourth-order valence-electron chi connectivity index (χ4n) is 5.24. The number of hydrogen-bond donors (Lipinski definition) is 4. The quantitative estimate of drug-likeness (QED) is 0.0494. The summed E-state index contributed by atoms with van der Waals surface area (Å²) in [6, 6.07) is 15.9. The standard InChI is InChI=1S/C40H40O14/c1-38(2,49)32(41)25-5-10-28(11-6-25)51-19-21-53-35(45)31-23-27(9-14-30(31)34(43)44)24-15-17-40(18-16-24,36(46)47)37(48)54-22-20-52-29-12-7-26(8-13-29)33(42)39(3,4)50/h5-18,23-24,49-50H,19-22H2,1-4H3,(H,43,44)(H,46,47). The van der Waals surface area contributed by atoms with Crippen molar-refractivity contribution in [2.24, 2.45) is 5.41 Å². The van der Waals surface area contributed by atoms with E-state index in [0.717, 1.165) is 12.2 Å². The number of ketones is 2. The summed E-state index contributed by atoms with van der Waals surface area (Å²) in [5.74, 6) is -5.79. The number of carboxylic acid groups (broad SMARTS) is 2. The number of Topliss-reactive ketones (excluding diaryl/α,β-unsaturated/α-hetero) is 2. The van der Waals surface area contributed by atoms with Crippen molar-refractivity contribution in [3.8, 4) is 11.5 Å². The lowest BCUT2D eigenvalue weighted by molar-refractivity contribution is -0.162. The van der Waals surface area contributed by atoms with Crippen molar-refractivity contribution in [1.29, 1.82) is 0 Å². The molecule has 14 heteroatoms. The summed E-state index contributed by atoms with van der Waals surface area (Å²) >= 11 is 0. The van der Waals surface area contributed by atoms with Gasteiger partial charge in [0, 0.05) is 17.0 Å². The smallest absolute Gasteiger partial charge is 0.339 e. The van der Waals surface area contributed by atoms with Gasteiger partial charge in [-0.1, -0.05) is 30.4 Å². The number of benzene rings is 3. The summed E-state index contributed by atoms with van der Waals surface area (Å²) < 4.78 is 21.5. The summed E-state index contributed by atoms with van der Waals surface area (Å²) in [5, 5.41) is 39.5. The molecule has 1 aliphatic carbocycles. The highest BCUT2D eigenvalue weighted by Crippen LogP contribution is 2.34. The predicted molar refractivity (Wildman–Crippen MR) is 191 cm³/mol. The Bertz CT molecular complexity index is 1940. The number of allylic oxidation sites excluding steroid dienone is 2. The van der Waals surface area contributed by atoms with Crippen LogP contribution in [0.1, 0.15) is 80.6 Å². The van der Waals surface area contributed by atoms with Gasteiger partial charge < -0.3 is 39.4 Å². The number of rotatable bonds is 17. The number of esters is 2. The summed E-state index contributed by atoms with van der Waals surface area (Å²) in [7, 11) is 0. The second-order valence-electron chi connectivity index (χ2n) is 13.3. The average Bonchev–Trinajstić information content (AvgIpc) is 3.13. The first-order chi connectivity index (χ1) is 25.3. The number of aliphatic carboxylic acids is 1. The Morgan fingerprint density at radius 2 is 1.09 bits per heavy atom. The molecule has 14 nitrogen and oxygen atoms in total. The molecule has 0 saturated carbocycles. The molecule has 0 radical (unpaired) electrons. The molecular weight excluding hydrogens is 704 g/mol. The SMILES string of the molecule is CC(C)(O)C(=O)c1ccc(OCCOC(=O)c2cc(C3C=CC(C(=O)O)(C(=O)OCCOc4ccc(C(=O)C(C)(C)O)cc4)C=C3)ccc2C(=O)O)cc1. The first-order valence-electron chi connectivity index (χ1n) is 16.7. The van der Waals surface area contributed by atoms with Crippen LogP contribution < -0.4 is 9.47 Å². The van der Waals surface area contributed by atoms with Crippen molar-refractivity contribution in [2.45, 2.75) is 44.8 Å². The maximum atomic E-state index is 13.0. The van der Waals surface area contributed by atoms with Crippen molar-refractivity contribution in [2.75, 3.05) is 26.4 Å². The van der Waals surface area contributed by atoms with Crippen molar-refractivity contribution in [3.63, 3.8) is 0 Å². The van der Waals surface area contributed by atoms with Crippen LogP contribution >= 0.6 is 0 Å². The highest BCUT2D eigenvalue weighted by atomic mass is 16.6. The van der Waals surface area contributed by atoms with E-state index >= 15 is 0 Å². The number of carbonyl (C=O) groups excluding carboxylic acids is 4. The van der Waals surface area contributed by atoms with Gasteiger partial charge in [-0.2, -0.15) is 0 Å². The largest absolute Gasteiger partial charge is 0.490 e. The molecule has 3 aromatic rings. The lowest BCUT2D eigenvalue weighted by Gasteiger charge is -2.25. The molecule has 0 aliphatic heterocycles. The van der Waals surface area contributed by atoms with Gasteiger partial charge in [0.15, 0.2) is 11.6 Å². The third-order valence-corrected chi connectivity index (χ3v) is 8.22. The van der Waals surface area contributed by atoms with Crippen LogP contribution in [0.15, 0.2) is 91.0 Å². The number of carbonyl (C=O) groups is 6. The summed E-state index contributed by atoms with van der Waals surface area (Å²) in [6.45, 7) is 4.73. The third kappa shape index (κ3) is 9.85. The van der Waals surface area contributed by atoms with Gasteiger partial charge in [0.25, 0.3) is 0 Å². The lowest BCUT2D eigenvalue weighted by Crippen LogP contribution is -2.39. The first-order valence-corrected chi connectivity index (χ1v) is 16.7. The lowest BCUT2D eigenvalue weighted by atomic mass is 9.79. The Labute approximate surface area is 310 Å². The van der Waals surface area contributed by atoms with E-state index in [-0.39, 0.29) is 48.7 Å². The molecule has 1 aliphatic rings. The zero-order valence-corrected chi connectivity index (χ0v) is 29.9. The second kappa shape index (κ2) is 16.7. The van der Waals surface area contributed by atoms with Crippen LogP contribution in [0, 0.1) is 5.41 Å². The molecule has 4 N–H and O–H groups in total. The third-order valence-electron chi connectivity index (χ3n) is 8.22. The van der Waals surface area contributed by atoms with Gasteiger partial charge in [-0.3, -0.25) is 19.2 Å². The van der Waals surface area contributed by atoms with Crippen LogP contribution in [0.2, 0.25) is 0 Å². The van der Waals surface area contributed by atoms with Crippen LogP contribution in [0.25, 0.3) is 0 Å². The molecule has 0 bridgehead atoms. The Morgan fingerprint density at radius 3 is 1.52 bits per heavy atom. The average molecular weight is 745 g/mol. The molecule has 54 heavy (non-hydrogen) atoms. The van der Waals surface area contributed by atoms with Crippen LogP contribution in [0.5, 0.6) is 11.5 Å². The summed E-state index contributed by atoms with van der Waals surface area (Å²) in [6.07, 6.45) is 5.13. The van der Waals surface area contributed by atoms with E-state index in [1.807, 2.05) is 0 Å². The first kappa shape index (κ1) is 40.6. The van der Waals surface area contributed by atoms with E-state index in [4.69, 9.17) is 18.9 Å². The van der Waals surface area contributed by atoms with E-state index in [2.05, 4.69) is 0 Å². The van der Waals surface area contributed by atoms with Gasteiger partial charge >= 0.3 is 23.9 Å². The predicted octanol–water partition coefficient (Wildman–Crippen LogP) is 4.43. The Balaban J connectivity index is 1.34. The number of aliphatic hydroxyl groups is 2. The summed E-state index contributed by atoms with van der Waals surface area (Å²) in [4.78, 5) is 74.6. The van der Waals surface area contributed by atoms with Gasteiger partial charge in [0.2, 0.25) is 5.41 Å². The van der Waals surface area contributed by atoms with Gasteiger partial charge in [-0.25, -0.2) is 9.59 Å². The van der Waals surface area contributed by atoms with Crippen molar-refractivity contribution < 1.29 is 68.1 Å². The molecule has 3 aromatic carbocycles. The Morgan fingerprint density at radius 1 is 0.630 bits per heavy atom. The van der Waals surface area contributed by atoms with Crippen molar-refractivity contribution >= 4 is 35.4 Å². The normalized spacial score (nSPS) is 16.6. The van der Waals surface area contributed by atoms with E-state index in [1.165, 1.54) is 107 Å². The molecular formula is C40H40O14. The molecule has 0 spiro atoms. The molecule has 0 heterocycles. The monoisotopic (exact) mass is 744 g/mol. The molecule has 0 aromatic heterocycles. The Kier molecular flexibility index (Phi) is 12.6. The second-order valence-corrected chi connectivity index (χ2v) is 13.3. The number of hydrogen-bond acceptors (Lipinski definition) is 12. The highest BCUT2D eigenvalue weighted by molar-refractivity contribution is 6.05.